The molecule has 3 heterocycles. The molecule has 0 saturated carbocycles. The maximum atomic E-state index is 13.0. The summed E-state index contributed by atoms with van der Waals surface area (Å²) in [5.74, 6) is 2.13. The molecule has 156 valence electrons. The van der Waals surface area contributed by atoms with Gasteiger partial charge in [0.1, 0.15) is 11.5 Å². The van der Waals surface area contributed by atoms with Crippen molar-refractivity contribution < 1.29 is 14.2 Å². The highest BCUT2D eigenvalue weighted by molar-refractivity contribution is 8.14. The molecule has 1 aromatic carbocycles. The standard InChI is InChI=1S/C21H27N3O4S/c1-12-22-19-17(18(29-12)15-7-6-14(26-4)10-16(15)27-5)20(25)23-24(19)13-8-9-28-21(2,3)11-13/h6-7,10,13,18H,8-9,11H2,1-5H3,(H,23,25)/t13-,18-/m1/s1. The summed E-state index contributed by atoms with van der Waals surface area (Å²) in [6, 6.07) is 5.86. The molecule has 0 amide bonds. The highest BCUT2D eigenvalue weighted by Gasteiger charge is 2.36. The summed E-state index contributed by atoms with van der Waals surface area (Å²) in [5.41, 5.74) is 1.28. The minimum Gasteiger partial charge on any atom is -0.497 e. The summed E-state index contributed by atoms with van der Waals surface area (Å²) in [7, 11) is 3.26. The zero-order valence-electron chi connectivity index (χ0n) is 17.4. The zero-order valence-corrected chi connectivity index (χ0v) is 18.3. The average Bonchev–Trinajstić information content (AvgIpc) is 3.02. The molecule has 1 aromatic heterocycles. The van der Waals surface area contributed by atoms with Gasteiger partial charge in [-0.3, -0.25) is 14.6 Å². The first-order valence-electron chi connectivity index (χ1n) is 9.75. The lowest BCUT2D eigenvalue weighted by atomic mass is 9.94. The van der Waals surface area contributed by atoms with Crippen LogP contribution in [0, 0.1) is 0 Å². The van der Waals surface area contributed by atoms with Gasteiger partial charge in [-0.15, -0.1) is 0 Å². The predicted octanol–water partition coefficient (Wildman–Crippen LogP) is 4.21. The summed E-state index contributed by atoms with van der Waals surface area (Å²) in [4.78, 5) is 17.8. The molecular formula is C21H27N3O4S. The fourth-order valence-electron chi connectivity index (χ4n) is 4.15. The lowest BCUT2D eigenvalue weighted by Crippen LogP contribution is -2.35. The maximum Gasteiger partial charge on any atom is 0.271 e. The lowest BCUT2D eigenvalue weighted by molar-refractivity contribution is -0.0705. The van der Waals surface area contributed by atoms with Gasteiger partial charge in [0.2, 0.25) is 0 Å². The van der Waals surface area contributed by atoms with E-state index in [1.807, 2.05) is 29.8 Å². The largest absolute Gasteiger partial charge is 0.497 e. The Morgan fingerprint density at radius 1 is 1.31 bits per heavy atom. The van der Waals surface area contributed by atoms with Crippen LogP contribution >= 0.6 is 11.8 Å². The Balaban J connectivity index is 1.81. The fourth-order valence-corrected chi connectivity index (χ4v) is 5.28. The van der Waals surface area contributed by atoms with E-state index in [1.54, 1.807) is 26.0 Å². The number of H-pyrrole nitrogens is 1. The molecule has 2 aliphatic rings. The second-order valence-electron chi connectivity index (χ2n) is 8.04. The van der Waals surface area contributed by atoms with E-state index in [1.165, 1.54) is 0 Å². The number of aromatic nitrogens is 2. The van der Waals surface area contributed by atoms with Crippen LogP contribution in [0.3, 0.4) is 0 Å². The van der Waals surface area contributed by atoms with E-state index in [0.717, 1.165) is 29.3 Å². The van der Waals surface area contributed by atoms with Gasteiger partial charge in [-0.05, 0) is 39.7 Å². The van der Waals surface area contributed by atoms with Crippen LogP contribution in [-0.2, 0) is 4.74 Å². The third-order valence-corrected chi connectivity index (χ3v) is 6.67. The van der Waals surface area contributed by atoms with Crippen molar-refractivity contribution in [1.29, 1.82) is 0 Å². The number of ether oxygens (including phenoxy) is 3. The van der Waals surface area contributed by atoms with Crippen LogP contribution in [0.25, 0.3) is 0 Å². The molecule has 0 spiro atoms. The molecular weight excluding hydrogens is 390 g/mol. The van der Waals surface area contributed by atoms with E-state index in [2.05, 4.69) is 18.9 Å². The van der Waals surface area contributed by atoms with Crippen LogP contribution in [0.4, 0.5) is 5.82 Å². The Morgan fingerprint density at radius 3 is 2.79 bits per heavy atom. The van der Waals surface area contributed by atoms with E-state index in [-0.39, 0.29) is 22.5 Å². The van der Waals surface area contributed by atoms with Gasteiger partial charge < -0.3 is 14.2 Å². The molecule has 0 unspecified atom stereocenters. The Kier molecular flexibility index (Phi) is 5.25. The van der Waals surface area contributed by atoms with Crippen molar-refractivity contribution in [3.63, 3.8) is 0 Å². The molecule has 1 N–H and O–H groups in total. The number of benzene rings is 1. The van der Waals surface area contributed by atoms with E-state index < -0.39 is 0 Å². The van der Waals surface area contributed by atoms with Crippen LogP contribution < -0.4 is 15.0 Å². The topological polar surface area (TPSA) is 77.8 Å². The van der Waals surface area contributed by atoms with E-state index >= 15 is 0 Å². The van der Waals surface area contributed by atoms with Crippen LogP contribution in [0.5, 0.6) is 11.5 Å². The first kappa shape index (κ1) is 20.1. The van der Waals surface area contributed by atoms with E-state index in [4.69, 9.17) is 19.2 Å². The van der Waals surface area contributed by atoms with Crippen molar-refractivity contribution in [1.82, 2.24) is 9.78 Å². The van der Waals surface area contributed by atoms with Gasteiger partial charge >= 0.3 is 0 Å². The van der Waals surface area contributed by atoms with Crippen LogP contribution in [0.15, 0.2) is 28.0 Å². The second kappa shape index (κ2) is 7.57. The molecule has 2 aromatic rings. The summed E-state index contributed by atoms with van der Waals surface area (Å²) in [5, 5.41) is 3.79. The number of nitrogens with one attached hydrogen (secondary N) is 1. The molecule has 2 aliphatic heterocycles. The average molecular weight is 418 g/mol. The van der Waals surface area contributed by atoms with Gasteiger partial charge in [0.25, 0.3) is 5.56 Å². The summed E-state index contributed by atoms with van der Waals surface area (Å²) >= 11 is 1.57. The Morgan fingerprint density at radius 2 is 2.10 bits per heavy atom. The molecule has 1 fully saturated rings. The molecule has 29 heavy (non-hydrogen) atoms. The molecule has 4 rings (SSSR count). The minimum absolute atomic E-state index is 0.101. The number of aliphatic imine (C=N–C) groups is 1. The van der Waals surface area contributed by atoms with Crippen LogP contribution in [0.1, 0.15) is 56.0 Å². The monoisotopic (exact) mass is 417 g/mol. The third kappa shape index (κ3) is 3.71. The van der Waals surface area contributed by atoms with Crippen molar-refractivity contribution in [3.05, 3.63) is 39.7 Å². The van der Waals surface area contributed by atoms with Gasteiger partial charge in [-0.1, -0.05) is 17.8 Å². The van der Waals surface area contributed by atoms with E-state index in [0.29, 0.717) is 23.7 Å². The van der Waals surface area contributed by atoms with E-state index in [9.17, 15) is 4.79 Å². The van der Waals surface area contributed by atoms with Gasteiger partial charge in [0.05, 0.1) is 41.7 Å². The Labute approximate surface area is 174 Å². The van der Waals surface area contributed by atoms with Gasteiger partial charge in [0.15, 0.2) is 5.82 Å². The highest BCUT2D eigenvalue weighted by Crippen LogP contribution is 2.48. The number of fused-ring (bicyclic) bond motifs is 1. The van der Waals surface area contributed by atoms with Gasteiger partial charge in [-0.25, -0.2) is 4.99 Å². The molecule has 8 heteroatoms. The molecule has 0 aliphatic carbocycles. The lowest BCUT2D eigenvalue weighted by Gasteiger charge is -2.36. The third-order valence-electron chi connectivity index (χ3n) is 5.51. The Bertz CT molecular complexity index is 1010. The number of hydrogen-bond acceptors (Lipinski definition) is 6. The first-order valence-corrected chi connectivity index (χ1v) is 10.6. The zero-order chi connectivity index (χ0) is 20.8. The summed E-state index contributed by atoms with van der Waals surface area (Å²) in [6.07, 6.45) is 1.67. The smallest absolute Gasteiger partial charge is 0.271 e. The van der Waals surface area contributed by atoms with Gasteiger partial charge in [0, 0.05) is 18.2 Å². The minimum atomic E-state index is -0.224. The molecule has 0 radical (unpaired) electrons. The maximum absolute atomic E-state index is 13.0. The molecule has 7 nitrogen and oxygen atoms in total. The number of aromatic amines is 1. The fraction of sp³-hybridized carbons (Fsp3) is 0.524. The molecule has 0 bridgehead atoms. The Hall–Kier alpha value is -2.19. The SMILES string of the molecule is COc1ccc([C@H]2SC(C)=Nc3c2c(=O)[nH]n3[C@@H]2CCOC(C)(C)C2)c(OC)c1. The number of nitrogens with zero attached hydrogens (tertiary/aromatic N) is 2. The van der Waals surface area contributed by atoms with Crippen molar-refractivity contribution in [2.45, 2.75) is 50.5 Å². The van der Waals surface area contributed by atoms with Crippen molar-refractivity contribution in [2.24, 2.45) is 4.99 Å². The van der Waals surface area contributed by atoms with Crippen molar-refractivity contribution >= 4 is 22.6 Å². The number of thioether (sulfide) groups is 1. The van der Waals surface area contributed by atoms with Crippen molar-refractivity contribution in [2.75, 3.05) is 20.8 Å². The first-order chi connectivity index (χ1) is 13.8. The highest BCUT2D eigenvalue weighted by atomic mass is 32.2. The van der Waals surface area contributed by atoms with Crippen LogP contribution in [0.2, 0.25) is 0 Å². The summed E-state index contributed by atoms with van der Waals surface area (Å²) in [6.45, 7) is 6.82. The second-order valence-corrected chi connectivity index (χ2v) is 9.34. The van der Waals surface area contributed by atoms with Crippen molar-refractivity contribution in [3.8, 4) is 11.5 Å². The normalized spacial score (nSPS) is 23.3. The molecule has 2 atom stereocenters. The number of methoxy groups -OCH3 is 2. The number of rotatable bonds is 4. The molecule has 1 saturated heterocycles. The number of hydrogen-bond donors (Lipinski definition) is 1. The quantitative estimate of drug-likeness (QED) is 0.806. The van der Waals surface area contributed by atoms with Crippen LogP contribution in [-0.4, -0.2) is 41.3 Å². The predicted molar refractivity (Wildman–Crippen MR) is 115 cm³/mol. The van der Waals surface area contributed by atoms with Gasteiger partial charge in [-0.2, -0.15) is 0 Å². The summed E-state index contributed by atoms with van der Waals surface area (Å²) < 4.78 is 18.7.